The first kappa shape index (κ1) is 20.5. The smallest absolute Gasteiger partial charge is 0.324 e. The van der Waals surface area contributed by atoms with Crippen LogP contribution in [0.25, 0.3) is 0 Å². The third-order valence-electron chi connectivity index (χ3n) is 4.38. The average Bonchev–Trinajstić information content (AvgIpc) is 2.72. The zero-order valence-electron chi connectivity index (χ0n) is 14.9. The van der Waals surface area contributed by atoms with Crippen LogP contribution in [0, 0.1) is 9.39 Å². The van der Waals surface area contributed by atoms with E-state index in [1.165, 1.54) is 22.5 Å². The second-order valence-corrected chi connectivity index (χ2v) is 7.44. The molecule has 0 spiro atoms. The molecule has 3 rings (SSSR count). The Bertz CT molecular complexity index is 874. The third kappa shape index (κ3) is 4.78. The summed E-state index contributed by atoms with van der Waals surface area (Å²) in [7, 11) is 0. The van der Waals surface area contributed by atoms with E-state index in [9.17, 15) is 14.0 Å². The summed E-state index contributed by atoms with van der Waals surface area (Å²) in [6, 6.07) is 11.0. The van der Waals surface area contributed by atoms with Gasteiger partial charge < -0.3 is 9.64 Å². The highest BCUT2D eigenvalue weighted by Gasteiger charge is 2.25. The van der Waals surface area contributed by atoms with E-state index >= 15 is 0 Å². The monoisotopic (exact) mass is 499 g/mol. The van der Waals surface area contributed by atoms with Gasteiger partial charge in [0.15, 0.2) is 0 Å². The molecule has 2 aromatic carbocycles. The van der Waals surface area contributed by atoms with Crippen molar-refractivity contribution in [2.45, 2.75) is 6.54 Å². The number of anilines is 1. The van der Waals surface area contributed by atoms with Crippen LogP contribution in [-0.2, 0) is 11.3 Å². The van der Waals surface area contributed by atoms with Crippen LogP contribution in [0.2, 0.25) is 0 Å². The number of hydroxylamine groups is 1. The van der Waals surface area contributed by atoms with Crippen molar-refractivity contribution in [3.05, 3.63) is 63.0 Å². The average molecular weight is 499 g/mol. The Kier molecular flexibility index (Phi) is 6.81. The van der Waals surface area contributed by atoms with Crippen LogP contribution in [0.3, 0.4) is 0 Å². The number of halogens is 2. The minimum Gasteiger partial charge on any atom is -0.378 e. The fraction of sp³-hybridized carbons (Fsp3) is 0.263. The van der Waals surface area contributed by atoms with Gasteiger partial charge >= 0.3 is 6.03 Å². The number of hydrogen-bond donors (Lipinski definition) is 2. The molecular formula is C19H19FIN3O4. The second kappa shape index (κ2) is 9.30. The molecule has 28 heavy (non-hydrogen) atoms. The molecule has 2 N–H and O–H groups in total. The van der Waals surface area contributed by atoms with Gasteiger partial charge in [-0.05, 0) is 52.9 Å². The molecule has 1 saturated heterocycles. The molecular weight excluding hydrogens is 480 g/mol. The quantitative estimate of drug-likeness (QED) is 0.385. The van der Waals surface area contributed by atoms with Crippen LogP contribution in [0.5, 0.6) is 0 Å². The van der Waals surface area contributed by atoms with Crippen molar-refractivity contribution in [3.63, 3.8) is 0 Å². The van der Waals surface area contributed by atoms with Crippen LogP contribution in [-0.4, -0.2) is 48.3 Å². The van der Waals surface area contributed by atoms with Crippen molar-refractivity contribution in [2.75, 3.05) is 31.2 Å². The van der Waals surface area contributed by atoms with Gasteiger partial charge in [-0.2, -0.15) is 0 Å². The van der Waals surface area contributed by atoms with E-state index in [0.717, 1.165) is 9.64 Å². The van der Waals surface area contributed by atoms with Crippen molar-refractivity contribution in [2.24, 2.45) is 0 Å². The van der Waals surface area contributed by atoms with Gasteiger partial charge in [-0.3, -0.25) is 14.9 Å². The number of rotatable bonds is 4. The van der Waals surface area contributed by atoms with Gasteiger partial charge in [0, 0.05) is 33.5 Å². The molecule has 1 aliphatic heterocycles. The van der Waals surface area contributed by atoms with E-state index in [4.69, 9.17) is 9.94 Å². The van der Waals surface area contributed by atoms with E-state index in [0.29, 0.717) is 32.0 Å². The second-order valence-electron chi connectivity index (χ2n) is 6.20. The number of benzene rings is 2. The largest absolute Gasteiger partial charge is 0.378 e. The molecule has 0 aromatic heterocycles. The summed E-state index contributed by atoms with van der Waals surface area (Å²) in [5, 5.41) is 8.69. The van der Waals surface area contributed by atoms with Gasteiger partial charge in [-0.1, -0.05) is 12.1 Å². The highest BCUT2D eigenvalue weighted by Crippen LogP contribution is 2.23. The Morgan fingerprint density at radius 2 is 1.96 bits per heavy atom. The molecule has 148 valence electrons. The van der Waals surface area contributed by atoms with Crippen LogP contribution < -0.4 is 10.4 Å². The summed E-state index contributed by atoms with van der Waals surface area (Å²) in [4.78, 5) is 27.8. The van der Waals surface area contributed by atoms with E-state index in [1.807, 2.05) is 18.2 Å². The number of morpholine rings is 1. The molecule has 0 radical (unpaired) electrons. The van der Waals surface area contributed by atoms with Crippen LogP contribution in [0.1, 0.15) is 15.9 Å². The Morgan fingerprint density at radius 3 is 2.61 bits per heavy atom. The number of ether oxygens (including phenoxy) is 1. The van der Waals surface area contributed by atoms with Gasteiger partial charge in [0.1, 0.15) is 5.82 Å². The summed E-state index contributed by atoms with van der Waals surface area (Å²) < 4.78 is 20.8. The van der Waals surface area contributed by atoms with E-state index in [2.05, 4.69) is 22.6 Å². The lowest BCUT2D eigenvalue weighted by atomic mass is 10.1. The van der Waals surface area contributed by atoms with Crippen LogP contribution in [0.15, 0.2) is 42.5 Å². The van der Waals surface area contributed by atoms with E-state index in [-0.39, 0.29) is 23.7 Å². The molecule has 7 nitrogen and oxygen atoms in total. The number of urea groups is 1. The normalized spacial score (nSPS) is 13.9. The molecule has 0 saturated carbocycles. The maximum absolute atomic E-state index is 14.6. The maximum atomic E-state index is 14.6. The predicted molar refractivity (Wildman–Crippen MR) is 109 cm³/mol. The van der Waals surface area contributed by atoms with Crippen molar-refractivity contribution < 1.29 is 23.9 Å². The fourth-order valence-electron chi connectivity index (χ4n) is 2.89. The van der Waals surface area contributed by atoms with E-state index < -0.39 is 11.7 Å². The zero-order chi connectivity index (χ0) is 20.1. The van der Waals surface area contributed by atoms with Crippen molar-refractivity contribution in [1.82, 2.24) is 10.4 Å². The van der Waals surface area contributed by atoms with Crippen molar-refractivity contribution in [3.8, 4) is 0 Å². The lowest BCUT2D eigenvalue weighted by Crippen LogP contribution is -2.48. The van der Waals surface area contributed by atoms with Crippen LogP contribution >= 0.6 is 22.6 Å². The molecule has 2 aromatic rings. The summed E-state index contributed by atoms with van der Waals surface area (Å²) >= 11 is 2.16. The molecule has 0 unspecified atom stereocenters. The standard InChI is InChI=1S/C19H19FIN3O4/c20-17-10-13(18(25)22-27)4-5-14(17)12-24(16-3-1-2-15(21)11-16)19(26)23-6-8-28-9-7-23/h1-5,10-11,27H,6-9,12H2,(H,22,25). The summed E-state index contributed by atoms with van der Waals surface area (Å²) in [5.41, 5.74) is 2.37. The summed E-state index contributed by atoms with van der Waals surface area (Å²) in [6.45, 7) is 1.87. The number of carbonyl (C=O) groups excluding carboxylic acids is 2. The first-order valence-electron chi connectivity index (χ1n) is 8.62. The molecule has 0 atom stereocenters. The van der Waals surface area contributed by atoms with Crippen molar-refractivity contribution >= 4 is 40.2 Å². The minimum atomic E-state index is -0.802. The summed E-state index contributed by atoms with van der Waals surface area (Å²) in [6.07, 6.45) is 0. The Hall–Kier alpha value is -2.24. The molecule has 3 amide bonds. The van der Waals surface area contributed by atoms with E-state index in [1.54, 1.807) is 11.0 Å². The highest BCUT2D eigenvalue weighted by atomic mass is 127. The SMILES string of the molecule is O=C(NO)c1ccc(CN(C(=O)N2CCOCC2)c2cccc(I)c2)c(F)c1. The topological polar surface area (TPSA) is 82.1 Å². The fourth-order valence-corrected chi connectivity index (χ4v) is 3.42. The molecule has 0 aliphatic carbocycles. The lowest BCUT2D eigenvalue weighted by molar-refractivity contribution is 0.0548. The predicted octanol–water partition coefficient (Wildman–Crippen LogP) is 3.01. The Balaban J connectivity index is 1.91. The van der Waals surface area contributed by atoms with Gasteiger partial charge in [-0.25, -0.2) is 14.7 Å². The molecule has 1 heterocycles. The first-order valence-corrected chi connectivity index (χ1v) is 9.70. The number of amides is 3. The zero-order valence-corrected chi connectivity index (χ0v) is 17.1. The number of carbonyl (C=O) groups is 2. The number of nitrogens with zero attached hydrogens (tertiary/aromatic N) is 2. The Labute approximate surface area is 175 Å². The summed E-state index contributed by atoms with van der Waals surface area (Å²) in [5.74, 6) is -1.43. The van der Waals surface area contributed by atoms with Gasteiger partial charge in [0.25, 0.3) is 5.91 Å². The van der Waals surface area contributed by atoms with Crippen molar-refractivity contribution in [1.29, 1.82) is 0 Å². The maximum Gasteiger partial charge on any atom is 0.324 e. The third-order valence-corrected chi connectivity index (χ3v) is 5.05. The Morgan fingerprint density at radius 1 is 1.21 bits per heavy atom. The molecule has 1 aliphatic rings. The molecule has 1 fully saturated rings. The first-order chi connectivity index (χ1) is 13.5. The lowest BCUT2D eigenvalue weighted by Gasteiger charge is -2.33. The van der Waals surface area contributed by atoms with Gasteiger partial charge in [0.2, 0.25) is 0 Å². The minimum absolute atomic E-state index is 0.00312. The van der Waals surface area contributed by atoms with Gasteiger partial charge in [0.05, 0.1) is 19.8 Å². The van der Waals surface area contributed by atoms with Crippen LogP contribution in [0.4, 0.5) is 14.9 Å². The number of hydrogen-bond acceptors (Lipinski definition) is 4. The highest BCUT2D eigenvalue weighted by molar-refractivity contribution is 14.1. The molecule has 9 heteroatoms. The number of nitrogens with one attached hydrogen (secondary N) is 1. The van der Waals surface area contributed by atoms with Gasteiger partial charge in [-0.15, -0.1) is 0 Å². The molecule has 0 bridgehead atoms.